The molecule has 0 N–H and O–H groups in total. The van der Waals surface area contributed by atoms with Crippen LogP contribution in [-0.2, 0) is 0 Å². The molecular formula is C18H30O3Si. The van der Waals surface area contributed by atoms with Crippen LogP contribution in [0.15, 0.2) is 18.7 Å². The van der Waals surface area contributed by atoms with Gasteiger partial charge in [0.2, 0.25) is 5.75 Å². The first-order valence-corrected chi connectivity index (χ1v) is 11.3. The van der Waals surface area contributed by atoms with Crippen LogP contribution in [0.25, 0.3) is 5.20 Å². The van der Waals surface area contributed by atoms with E-state index < -0.39 is 8.07 Å². The molecule has 0 atom stereocenters. The SMILES string of the molecule is C=C(c1ccc(OC)c(OC(C)C)c1OC(C)C)[Si](C)(C)C. The van der Waals surface area contributed by atoms with Gasteiger partial charge in [-0.3, -0.25) is 0 Å². The second-order valence-corrected chi connectivity index (χ2v) is 12.1. The average molecular weight is 323 g/mol. The van der Waals surface area contributed by atoms with Gasteiger partial charge in [0, 0.05) is 5.56 Å². The van der Waals surface area contributed by atoms with Crippen molar-refractivity contribution in [1.29, 1.82) is 0 Å². The van der Waals surface area contributed by atoms with E-state index in [0.29, 0.717) is 11.5 Å². The van der Waals surface area contributed by atoms with Crippen LogP contribution in [-0.4, -0.2) is 27.4 Å². The third-order valence-electron chi connectivity index (χ3n) is 3.23. The van der Waals surface area contributed by atoms with Gasteiger partial charge in [0.15, 0.2) is 11.5 Å². The van der Waals surface area contributed by atoms with Gasteiger partial charge in [0.05, 0.1) is 27.4 Å². The zero-order valence-electron chi connectivity index (χ0n) is 15.2. The lowest BCUT2D eigenvalue weighted by atomic mass is 10.1. The Bertz CT molecular complexity index is 528. The van der Waals surface area contributed by atoms with Crippen LogP contribution in [0, 0.1) is 0 Å². The van der Waals surface area contributed by atoms with E-state index in [-0.39, 0.29) is 12.2 Å². The molecule has 22 heavy (non-hydrogen) atoms. The number of rotatable bonds is 7. The molecule has 0 aromatic heterocycles. The van der Waals surface area contributed by atoms with Crippen molar-refractivity contribution >= 4 is 13.3 Å². The predicted molar refractivity (Wildman–Crippen MR) is 96.9 cm³/mol. The van der Waals surface area contributed by atoms with E-state index in [1.54, 1.807) is 7.11 Å². The normalized spacial score (nSPS) is 11.7. The molecule has 0 fully saturated rings. The third-order valence-corrected chi connectivity index (χ3v) is 5.31. The van der Waals surface area contributed by atoms with E-state index in [2.05, 4.69) is 26.2 Å². The van der Waals surface area contributed by atoms with Gasteiger partial charge in [-0.25, -0.2) is 0 Å². The maximum Gasteiger partial charge on any atom is 0.204 e. The summed E-state index contributed by atoms with van der Waals surface area (Å²) in [7, 11) is 0.102. The van der Waals surface area contributed by atoms with Crippen molar-refractivity contribution in [3.8, 4) is 17.2 Å². The smallest absolute Gasteiger partial charge is 0.204 e. The molecule has 0 aliphatic heterocycles. The number of hydrogen-bond acceptors (Lipinski definition) is 3. The molecule has 0 unspecified atom stereocenters. The minimum atomic E-state index is -1.55. The van der Waals surface area contributed by atoms with Crippen LogP contribution in [0.2, 0.25) is 19.6 Å². The first-order valence-electron chi connectivity index (χ1n) is 7.82. The summed E-state index contributed by atoms with van der Waals surface area (Å²) in [6.07, 6.45) is 0.0913. The summed E-state index contributed by atoms with van der Waals surface area (Å²) >= 11 is 0. The molecule has 0 bridgehead atoms. The lowest BCUT2D eigenvalue weighted by Crippen LogP contribution is -2.23. The number of methoxy groups -OCH3 is 1. The molecule has 0 heterocycles. The number of benzene rings is 1. The largest absolute Gasteiger partial charge is 0.493 e. The highest BCUT2D eigenvalue weighted by molar-refractivity contribution is 6.93. The molecule has 3 nitrogen and oxygen atoms in total. The average Bonchev–Trinajstić information content (AvgIpc) is 2.37. The van der Waals surface area contributed by atoms with Gasteiger partial charge in [-0.15, -0.1) is 0 Å². The van der Waals surface area contributed by atoms with Crippen molar-refractivity contribution in [2.45, 2.75) is 59.5 Å². The minimum absolute atomic E-state index is 0.0406. The Morgan fingerprint density at radius 1 is 0.955 bits per heavy atom. The molecule has 0 saturated heterocycles. The quantitative estimate of drug-likeness (QED) is 0.649. The van der Waals surface area contributed by atoms with Crippen molar-refractivity contribution < 1.29 is 14.2 Å². The summed E-state index contributed by atoms with van der Waals surface area (Å²) in [5, 5.41) is 1.15. The number of hydrogen-bond donors (Lipinski definition) is 0. The Hall–Kier alpha value is -1.42. The summed E-state index contributed by atoms with van der Waals surface area (Å²) in [6, 6.07) is 3.97. The first-order chi connectivity index (χ1) is 10.1. The molecule has 1 rings (SSSR count). The van der Waals surface area contributed by atoms with Crippen LogP contribution >= 0.6 is 0 Å². The number of ether oxygens (including phenoxy) is 3. The molecule has 0 spiro atoms. The van der Waals surface area contributed by atoms with E-state index >= 15 is 0 Å². The van der Waals surface area contributed by atoms with Gasteiger partial charge < -0.3 is 14.2 Å². The van der Waals surface area contributed by atoms with Crippen LogP contribution < -0.4 is 14.2 Å². The second kappa shape index (κ2) is 7.23. The summed E-state index contributed by atoms with van der Waals surface area (Å²) in [6.45, 7) is 19.2. The van der Waals surface area contributed by atoms with E-state index in [1.165, 1.54) is 0 Å². The zero-order chi connectivity index (χ0) is 17.1. The third kappa shape index (κ3) is 4.53. The molecule has 4 heteroatoms. The van der Waals surface area contributed by atoms with Crippen molar-refractivity contribution in [3.63, 3.8) is 0 Å². The first kappa shape index (κ1) is 18.6. The van der Waals surface area contributed by atoms with Crippen molar-refractivity contribution in [2.24, 2.45) is 0 Å². The molecular weight excluding hydrogens is 292 g/mol. The van der Waals surface area contributed by atoms with E-state index in [4.69, 9.17) is 14.2 Å². The lowest BCUT2D eigenvalue weighted by Gasteiger charge is -2.26. The monoisotopic (exact) mass is 322 g/mol. The van der Waals surface area contributed by atoms with Gasteiger partial charge in [-0.05, 0) is 39.8 Å². The zero-order valence-corrected chi connectivity index (χ0v) is 16.2. The summed E-state index contributed by atoms with van der Waals surface area (Å²) < 4.78 is 17.6. The van der Waals surface area contributed by atoms with E-state index in [9.17, 15) is 0 Å². The molecule has 0 aliphatic carbocycles. The predicted octanol–water partition coefficient (Wildman–Crippen LogP) is 5.16. The van der Waals surface area contributed by atoms with Crippen molar-refractivity contribution in [1.82, 2.24) is 0 Å². The minimum Gasteiger partial charge on any atom is -0.493 e. The van der Waals surface area contributed by atoms with Gasteiger partial charge in [-0.1, -0.05) is 31.4 Å². The topological polar surface area (TPSA) is 27.7 Å². The Kier molecular flexibility index (Phi) is 6.12. The fourth-order valence-electron chi connectivity index (χ4n) is 2.05. The Morgan fingerprint density at radius 3 is 1.86 bits per heavy atom. The van der Waals surface area contributed by atoms with Crippen LogP contribution in [0.5, 0.6) is 17.2 Å². The van der Waals surface area contributed by atoms with Gasteiger partial charge in [0.25, 0.3) is 0 Å². The van der Waals surface area contributed by atoms with Crippen molar-refractivity contribution in [2.75, 3.05) is 7.11 Å². The summed E-state index contributed by atoms with van der Waals surface area (Å²) in [5.41, 5.74) is 1.03. The summed E-state index contributed by atoms with van der Waals surface area (Å²) in [4.78, 5) is 0. The van der Waals surface area contributed by atoms with Gasteiger partial charge in [-0.2, -0.15) is 0 Å². The Balaban J connectivity index is 3.53. The molecule has 1 aromatic rings. The van der Waals surface area contributed by atoms with Gasteiger partial charge in [0.1, 0.15) is 0 Å². The Labute approximate surface area is 136 Å². The lowest BCUT2D eigenvalue weighted by molar-refractivity contribution is 0.191. The molecule has 0 saturated carbocycles. The maximum absolute atomic E-state index is 6.09. The van der Waals surface area contributed by atoms with Crippen LogP contribution in [0.4, 0.5) is 0 Å². The van der Waals surface area contributed by atoms with E-state index in [0.717, 1.165) is 16.5 Å². The standard InChI is InChI=1S/C18H30O3Si/c1-12(2)20-17-15(14(5)22(7,8)9)10-11-16(19-6)18(17)21-13(3)4/h10-13H,5H2,1-4,6-9H3. The van der Waals surface area contributed by atoms with E-state index in [1.807, 2.05) is 39.8 Å². The highest BCUT2D eigenvalue weighted by Gasteiger charge is 2.26. The summed E-state index contributed by atoms with van der Waals surface area (Å²) in [5.74, 6) is 2.11. The highest BCUT2D eigenvalue weighted by Crippen LogP contribution is 2.45. The Morgan fingerprint density at radius 2 is 1.45 bits per heavy atom. The fraction of sp³-hybridized carbons (Fsp3) is 0.556. The van der Waals surface area contributed by atoms with Crippen molar-refractivity contribution in [3.05, 3.63) is 24.3 Å². The second-order valence-electron chi connectivity index (χ2n) is 7.04. The van der Waals surface area contributed by atoms with Crippen LogP contribution in [0.1, 0.15) is 33.3 Å². The molecule has 124 valence electrons. The molecule has 0 aliphatic rings. The molecule has 0 radical (unpaired) electrons. The maximum atomic E-state index is 6.09. The molecule has 0 amide bonds. The fourth-order valence-corrected chi connectivity index (χ4v) is 3.05. The van der Waals surface area contributed by atoms with Crippen LogP contribution in [0.3, 0.4) is 0 Å². The molecule has 1 aromatic carbocycles. The van der Waals surface area contributed by atoms with Gasteiger partial charge >= 0.3 is 0 Å². The highest BCUT2D eigenvalue weighted by atomic mass is 28.3.